The number of hydrogen-bond acceptors (Lipinski definition) is 4. The lowest BCUT2D eigenvalue weighted by Crippen LogP contribution is -2.36. The van der Waals surface area contributed by atoms with Gasteiger partial charge in [-0.2, -0.15) is 9.40 Å². The molecule has 0 saturated heterocycles. The number of aromatic nitrogens is 2. The molecule has 0 aliphatic carbocycles. The minimum Gasteiger partial charge on any atom is -0.370 e. The normalized spacial score (nSPS) is 14.6. The minimum absolute atomic E-state index is 0.0111. The second-order valence-electron chi connectivity index (χ2n) is 7.97. The van der Waals surface area contributed by atoms with Crippen molar-refractivity contribution in [3.63, 3.8) is 0 Å². The molecule has 164 valence electrons. The number of rotatable bonds is 6. The predicted octanol–water partition coefficient (Wildman–Crippen LogP) is 3.64. The Bertz CT molecular complexity index is 1200. The average molecular weight is 444 g/mol. The van der Waals surface area contributed by atoms with Crippen LogP contribution in [0, 0.1) is 19.7 Å². The van der Waals surface area contributed by atoms with Gasteiger partial charge in [0.15, 0.2) is 0 Å². The number of halogens is 1. The Morgan fingerprint density at radius 2 is 1.84 bits per heavy atom. The van der Waals surface area contributed by atoms with Crippen molar-refractivity contribution in [1.29, 1.82) is 0 Å². The van der Waals surface area contributed by atoms with Crippen LogP contribution in [0.1, 0.15) is 33.6 Å². The SMILES string of the molecule is Cc1ccc(COCc2nn(C)c3c2CN(S(=O)(=O)c2cc(F)ccc2C)CC3)cc1. The predicted molar refractivity (Wildman–Crippen MR) is 115 cm³/mol. The molecule has 0 fully saturated rings. The minimum atomic E-state index is -3.82. The molecule has 0 unspecified atom stereocenters. The molecule has 4 rings (SSSR count). The summed E-state index contributed by atoms with van der Waals surface area (Å²) in [5.74, 6) is -0.562. The molecule has 1 aromatic heterocycles. The number of ether oxygens (including phenoxy) is 1. The van der Waals surface area contributed by atoms with Crippen molar-refractivity contribution in [3.8, 4) is 0 Å². The third kappa shape index (κ3) is 4.42. The van der Waals surface area contributed by atoms with Crippen molar-refractivity contribution in [3.05, 3.63) is 81.9 Å². The maximum absolute atomic E-state index is 13.7. The lowest BCUT2D eigenvalue weighted by Gasteiger charge is -2.27. The lowest BCUT2D eigenvalue weighted by molar-refractivity contribution is 0.103. The Labute approximate surface area is 182 Å². The van der Waals surface area contributed by atoms with Gasteiger partial charge in [-0.3, -0.25) is 4.68 Å². The van der Waals surface area contributed by atoms with Gasteiger partial charge in [-0.05, 0) is 37.1 Å². The molecule has 0 bridgehead atoms. The first-order valence-electron chi connectivity index (χ1n) is 10.2. The second kappa shape index (κ2) is 8.53. The summed E-state index contributed by atoms with van der Waals surface area (Å²) in [6, 6.07) is 12.0. The topological polar surface area (TPSA) is 64.4 Å². The van der Waals surface area contributed by atoms with E-state index in [0.717, 1.165) is 28.6 Å². The van der Waals surface area contributed by atoms with Crippen LogP contribution in [0.5, 0.6) is 0 Å². The van der Waals surface area contributed by atoms with Crippen LogP contribution in [0.3, 0.4) is 0 Å². The Balaban J connectivity index is 1.53. The summed E-state index contributed by atoms with van der Waals surface area (Å²) in [6.07, 6.45) is 0.546. The van der Waals surface area contributed by atoms with Crippen molar-refractivity contribution in [2.24, 2.45) is 7.05 Å². The summed E-state index contributed by atoms with van der Waals surface area (Å²) in [7, 11) is -1.95. The third-order valence-electron chi connectivity index (χ3n) is 5.69. The van der Waals surface area contributed by atoms with E-state index in [9.17, 15) is 12.8 Å². The molecule has 0 atom stereocenters. The van der Waals surface area contributed by atoms with Crippen LogP contribution in [0.4, 0.5) is 4.39 Å². The number of sulfonamides is 1. The second-order valence-corrected chi connectivity index (χ2v) is 9.88. The molecule has 8 heteroatoms. The summed E-state index contributed by atoms with van der Waals surface area (Å²) >= 11 is 0. The third-order valence-corrected chi connectivity index (χ3v) is 7.67. The number of benzene rings is 2. The number of fused-ring (bicyclic) bond motifs is 1. The van der Waals surface area contributed by atoms with Crippen molar-refractivity contribution in [2.45, 2.75) is 44.9 Å². The number of nitrogens with zero attached hydrogens (tertiary/aromatic N) is 3. The van der Waals surface area contributed by atoms with E-state index in [2.05, 4.69) is 5.10 Å². The van der Waals surface area contributed by atoms with Crippen LogP contribution in [0.2, 0.25) is 0 Å². The first kappa shape index (κ1) is 21.7. The zero-order chi connectivity index (χ0) is 22.2. The fourth-order valence-electron chi connectivity index (χ4n) is 3.91. The zero-order valence-corrected chi connectivity index (χ0v) is 18.7. The van der Waals surface area contributed by atoms with Crippen molar-refractivity contribution in [1.82, 2.24) is 14.1 Å². The molecule has 1 aliphatic rings. The van der Waals surface area contributed by atoms with E-state index in [0.29, 0.717) is 31.7 Å². The maximum Gasteiger partial charge on any atom is 0.243 e. The van der Waals surface area contributed by atoms with Gasteiger partial charge in [0.05, 0.1) is 23.8 Å². The molecule has 3 aromatic rings. The Hall–Kier alpha value is -2.55. The van der Waals surface area contributed by atoms with Crippen LogP contribution in [0.15, 0.2) is 47.4 Å². The largest absolute Gasteiger partial charge is 0.370 e. The van der Waals surface area contributed by atoms with Gasteiger partial charge < -0.3 is 4.74 Å². The van der Waals surface area contributed by atoms with E-state index in [-0.39, 0.29) is 11.4 Å². The van der Waals surface area contributed by atoms with Crippen LogP contribution >= 0.6 is 0 Å². The van der Waals surface area contributed by atoms with Crippen molar-refractivity contribution in [2.75, 3.05) is 6.54 Å². The first-order valence-corrected chi connectivity index (χ1v) is 11.6. The van der Waals surface area contributed by atoms with E-state index < -0.39 is 15.8 Å². The maximum atomic E-state index is 13.7. The fraction of sp³-hybridized carbons (Fsp3) is 0.348. The monoisotopic (exact) mass is 443 g/mol. The van der Waals surface area contributed by atoms with E-state index in [1.54, 1.807) is 11.6 Å². The van der Waals surface area contributed by atoms with Gasteiger partial charge in [0, 0.05) is 37.8 Å². The highest BCUT2D eigenvalue weighted by molar-refractivity contribution is 7.89. The Kier molecular flexibility index (Phi) is 5.96. The summed E-state index contributed by atoms with van der Waals surface area (Å²) in [5.41, 5.74) is 5.41. The molecule has 2 aromatic carbocycles. The Morgan fingerprint density at radius 3 is 2.58 bits per heavy atom. The molecule has 0 spiro atoms. The van der Waals surface area contributed by atoms with Crippen LogP contribution in [-0.4, -0.2) is 29.0 Å². The first-order chi connectivity index (χ1) is 14.8. The molecule has 0 radical (unpaired) electrons. The average Bonchev–Trinajstić information content (AvgIpc) is 3.06. The Morgan fingerprint density at radius 1 is 1.10 bits per heavy atom. The van der Waals surface area contributed by atoms with Crippen LogP contribution in [-0.2, 0) is 48.0 Å². The van der Waals surface area contributed by atoms with Crippen molar-refractivity contribution >= 4 is 10.0 Å². The van der Waals surface area contributed by atoms with E-state index in [1.165, 1.54) is 22.0 Å². The fourth-order valence-corrected chi connectivity index (χ4v) is 5.55. The highest BCUT2D eigenvalue weighted by Crippen LogP contribution is 2.29. The van der Waals surface area contributed by atoms with E-state index in [1.807, 2.05) is 38.2 Å². The van der Waals surface area contributed by atoms with E-state index >= 15 is 0 Å². The zero-order valence-electron chi connectivity index (χ0n) is 17.9. The van der Waals surface area contributed by atoms with Gasteiger partial charge in [0.1, 0.15) is 5.82 Å². The quantitative estimate of drug-likeness (QED) is 0.584. The van der Waals surface area contributed by atoms with Gasteiger partial charge in [-0.25, -0.2) is 12.8 Å². The van der Waals surface area contributed by atoms with Gasteiger partial charge in [0.25, 0.3) is 0 Å². The van der Waals surface area contributed by atoms with Gasteiger partial charge in [-0.15, -0.1) is 0 Å². The molecule has 0 saturated carbocycles. The lowest BCUT2D eigenvalue weighted by atomic mass is 10.1. The number of aryl methyl sites for hydroxylation is 3. The smallest absolute Gasteiger partial charge is 0.243 e. The molecule has 6 nitrogen and oxygen atoms in total. The van der Waals surface area contributed by atoms with Gasteiger partial charge in [-0.1, -0.05) is 35.9 Å². The molecule has 0 amide bonds. The molecule has 1 aliphatic heterocycles. The molecule has 2 heterocycles. The van der Waals surface area contributed by atoms with E-state index in [4.69, 9.17) is 4.74 Å². The van der Waals surface area contributed by atoms with Gasteiger partial charge in [0.2, 0.25) is 10.0 Å². The summed E-state index contributed by atoms with van der Waals surface area (Å²) in [4.78, 5) is 0.0111. The molecule has 31 heavy (non-hydrogen) atoms. The summed E-state index contributed by atoms with van der Waals surface area (Å²) < 4.78 is 49.3. The number of hydrogen-bond donors (Lipinski definition) is 0. The molecule has 0 N–H and O–H groups in total. The standard InChI is InChI=1S/C23H26FN3O3S/c1-16-4-7-18(8-5-16)14-30-15-21-20-13-27(11-10-22(20)26(3)25-21)31(28,29)23-12-19(24)9-6-17(23)2/h4-9,12H,10-11,13-15H2,1-3H3. The van der Waals surface area contributed by atoms with Gasteiger partial charge >= 0.3 is 0 Å². The summed E-state index contributed by atoms with van der Waals surface area (Å²) in [6.45, 7) is 4.99. The highest BCUT2D eigenvalue weighted by atomic mass is 32.2. The van der Waals surface area contributed by atoms with Crippen LogP contribution < -0.4 is 0 Å². The van der Waals surface area contributed by atoms with Crippen molar-refractivity contribution < 1.29 is 17.5 Å². The molecular formula is C23H26FN3O3S. The summed E-state index contributed by atoms with van der Waals surface area (Å²) in [5, 5.41) is 4.57. The van der Waals surface area contributed by atoms with Crippen LogP contribution in [0.25, 0.3) is 0 Å². The highest BCUT2D eigenvalue weighted by Gasteiger charge is 2.33. The molecular weight excluding hydrogens is 417 g/mol.